The summed E-state index contributed by atoms with van der Waals surface area (Å²) in [5, 5.41) is 18.1. The quantitative estimate of drug-likeness (QED) is 0.317. The zero-order valence-corrected chi connectivity index (χ0v) is 25.0. The summed E-state index contributed by atoms with van der Waals surface area (Å²) >= 11 is 0. The molecule has 0 saturated carbocycles. The molecule has 0 aromatic heterocycles. The third kappa shape index (κ3) is 8.38. The van der Waals surface area contributed by atoms with Crippen molar-refractivity contribution in [3.63, 3.8) is 0 Å². The van der Waals surface area contributed by atoms with Crippen LogP contribution >= 0.6 is 0 Å². The third-order valence-corrected chi connectivity index (χ3v) is 8.31. The predicted molar refractivity (Wildman–Crippen MR) is 155 cm³/mol. The Bertz CT molecular complexity index is 1120. The summed E-state index contributed by atoms with van der Waals surface area (Å²) in [5.41, 5.74) is -0.761. The standard InChI is InChI=1S/C31H46N4O6/c1-6-31(5)29(41)33-23(17-21-13-9-7-10-14-21)28(40)35-19-30(3,4)18-24(35)27(39)32-22(26(38)34-31)15-11-8-12-16-25(37)20(2)36/h7,9-10,13-14,20,22-24,36H,6,8,11-12,15-19H2,1-5H3,(H,32,39)(H,33,41)(H,34,38)/t20-,22+,23+,24+,31+/m1/s1. The Morgan fingerprint density at radius 1 is 1.00 bits per heavy atom. The molecule has 10 nitrogen and oxygen atoms in total. The molecular formula is C31H46N4O6. The number of nitrogens with zero attached hydrogens (tertiary/aromatic N) is 1. The molecule has 5 atom stereocenters. The van der Waals surface area contributed by atoms with Gasteiger partial charge in [-0.25, -0.2) is 0 Å². The average Bonchev–Trinajstić information content (AvgIpc) is 3.26. The van der Waals surface area contributed by atoms with Gasteiger partial charge in [0.25, 0.3) is 0 Å². The largest absolute Gasteiger partial charge is 0.386 e. The Hall–Kier alpha value is -3.27. The van der Waals surface area contributed by atoms with Crippen LogP contribution in [0.3, 0.4) is 0 Å². The van der Waals surface area contributed by atoms with Gasteiger partial charge in [0.15, 0.2) is 5.78 Å². The fraction of sp³-hybridized carbons (Fsp3) is 0.645. The first-order valence-electron chi connectivity index (χ1n) is 14.7. The van der Waals surface area contributed by atoms with Gasteiger partial charge in [-0.3, -0.25) is 24.0 Å². The molecular weight excluding hydrogens is 524 g/mol. The normalized spacial score (nSPS) is 27.6. The summed E-state index contributed by atoms with van der Waals surface area (Å²) in [7, 11) is 0. The smallest absolute Gasteiger partial charge is 0.246 e. The van der Waals surface area contributed by atoms with E-state index in [1.165, 1.54) is 6.92 Å². The number of ketones is 1. The monoisotopic (exact) mass is 570 g/mol. The average molecular weight is 571 g/mol. The van der Waals surface area contributed by atoms with Crippen LogP contribution < -0.4 is 16.0 Å². The molecule has 10 heteroatoms. The van der Waals surface area contributed by atoms with Crippen LogP contribution in [0.2, 0.25) is 0 Å². The highest BCUT2D eigenvalue weighted by Gasteiger charge is 2.47. The topological polar surface area (TPSA) is 145 Å². The molecule has 1 aromatic rings. The number of nitrogens with one attached hydrogen (secondary N) is 3. The van der Waals surface area contributed by atoms with Crippen molar-refractivity contribution in [2.45, 2.75) is 116 Å². The Labute approximate surface area is 243 Å². The summed E-state index contributed by atoms with van der Waals surface area (Å²) in [5.74, 6) is -1.87. The molecule has 0 unspecified atom stereocenters. The number of aliphatic hydroxyl groups excluding tert-OH is 1. The number of hydrogen-bond acceptors (Lipinski definition) is 6. The van der Waals surface area contributed by atoms with Crippen LogP contribution in [0.25, 0.3) is 0 Å². The zero-order valence-electron chi connectivity index (χ0n) is 25.0. The maximum atomic E-state index is 14.0. The molecule has 2 heterocycles. The van der Waals surface area contributed by atoms with Crippen LogP contribution in [0, 0.1) is 5.41 Å². The number of carbonyl (C=O) groups excluding carboxylic acids is 5. The summed E-state index contributed by atoms with van der Waals surface area (Å²) in [6.45, 7) is 9.19. The van der Waals surface area contributed by atoms with Crippen molar-refractivity contribution in [1.82, 2.24) is 20.9 Å². The lowest BCUT2D eigenvalue weighted by Gasteiger charge is -2.36. The molecule has 0 aliphatic carbocycles. The second-order valence-electron chi connectivity index (χ2n) is 12.5. The number of benzene rings is 1. The minimum absolute atomic E-state index is 0.231. The van der Waals surface area contributed by atoms with Crippen molar-refractivity contribution in [3.8, 4) is 0 Å². The van der Waals surface area contributed by atoms with Crippen molar-refractivity contribution in [2.75, 3.05) is 6.54 Å². The lowest BCUT2D eigenvalue weighted by atomic mass is 9.90. The molecule has 226 valence electrons. The number of fused-ring (bicyclic) bond motifs is 1. The van der Waals surface area contributed by atoms with E-state index < -0.39 is 47.5 Å². The van der Waals surface area contributed by atoms with Gasteiger partial charge in [0.05, 0.1) is 0 Å². The van der Waals surface area contributed by atoms with E-state index in [9.17, 15) is 29.1 Å². The molecule has 1 aromatic carbocycles. The minimum Gasteiger partial charge on any atom is -0.386 e. The predicted octanol–water partition coefficient (Wildman–Crippen LogP) is 2.02. The van der Waals surface area contributed by atoms with E-state index in [2.05, 4.69) is 16.0 Å². The highest BCUT2D eigenvalue weighted by molar-refractivity contribution is 5.99. The summed E-state index contributed by atoms with van der Waals surface area (Å²) in [6.07, 6.45) is 2.25. The van der Waals surface area contributed by atoms with Gasteiger partial charge in [0, 0.05) is 19.4 Å². The van der Waals surface area contributed by atoms with E-state index in [1.807, 2.05) is 44.2 Å². The first-order valence-corrected chi connectivity index (χ1v) is 14.7. The number of carbonyl (C=O) groups is 5. The third-order valence-electron chi connectivity index (χ3n) is 8.31. The van der Waals surface area contributed by atoms with Gasteiger partial charge >= 0.3 is 0 Å². The fourth-order valence-electron chi connectivity index (χ4n) is 5.54. The number of Topliss-reactive ketones (excluding diaryl/α,β-unsaturated/α-hetero) is 1. The van der Waals surface area contributed by atoms with Gasteiger partial charge < -0.3 is 26.0 Å². The minimum atomic E-state index is -1.30. The van der Waals surface area contributed by atoms with E-state index in [-0.39, 0.29) is 36.4 Å². The summed E-state index contributed by atoms with van der Waals surface area (Å²) < 4.78 is 0. The number of amides is 4. The lowest BCUT2D eigenvalue weighted by molar-refractivity contribution is -0.144. The Morgan fingerprint density at radius 2 is 1.68 bits per heavy atom. The Morgan fingerprint density at radius 3 is 2.32 bits per heavy atom. The number of aliphatic hydroxyl groups is 1. The first-order chi connectivity index (χ1) is 19.3. The van der Waals surface area contributed by atoms with Crippen molar-refractivity contribution < 1.29 is 29.1 Å². The molecule has 2 saturated heterocycles. The molecule has 3 rings (SSSR count). The van der Waals surface area contributed by atoms with E-state index in [1.54, 1.807) is 18.7 Å². The molecule has 0 radical (unpaired) electrons. The van der Waals surface area contributed by atoms with E-state index in [0.717, 1.165) is 5.56 Å². The Kier molecular flexibility index (Phi) is 10.7. The van der Waals surface area contributed by atoms with Gasteiger partial charge in [-0.15, -0.1) is 0 Å². The molecule has 0 bridgehead atoms. The van der Waals surface area contributed by atoms with Gasteiger partial charge in [-0.2, -0.15) is 0 Å². The van der Waals surface area contributed by atoms with Crippen LogP contribution in [0.15, 0.2) is 30.3 Å². The zero-order chi connectivity index (χ0) is 30.4. The van der Waals surface area contributed by atoms with Crippen LogP contribution in [-0.4, -0.2) is 75.7 Å². The fourth-order valence-corrected chi connectivity index (χ4v) is 5.54. The molecule has 2 fully saturated rings. The maximum Gasteiger partial charge on any atom is 0.246 e. The summed E-state index contributed by atoms with van der Waals surface area (Å²) in [6, 6.07) is 6.80. The highest BCUT2D eigenvalue weighted by Crippen LogP contribution is 2.35. The molecule has 4 amide bonds. The number of hydrogen-bond donors (Lipinski definition) is 4. The SMILES string of the molecule is CC[C@]1(C)NC(=O)[C@H](CCCCCC(=O)[C@@H](C)O)NC(=O)[C@@H]2CC(C)(C)CN2C(=O)[C@H](Cc2ccccc2)NC1=O. The molecule has 2 aliphatic heterocycles. The Balaban J connectivity index is 1.88. The van der Waals surface area contributed by atoms with E-state index in [4.69, 9.17) is 0 Å². The number of unbranched alkanes of at least 4 members (excludes halogenated alkanes) is 2. The van der Waals surface area contributed by atoms with E-state index >= 15 is 0 Å². The first kappa shape index (κ1) is 32.2. The van der Waals surface area contributed by atoms with Crippen LogP contribution in [0.5, 0.6) is 0 Å². The highest BCUT2D eigenvalue weighted by atomic mass is 16.3. The van der Waals surface area contributed by atoms with Crippen LogP contribution in [0.1, 0.15) is 85.1 Å². The molecule has 0 spiro atoms. The molecule has 4 N–H and O–H groups in total. The van der Waals surface area contributed by atoms with Gasteiger partial charge in [0.1, 0.15) is 29.8 Å². The second-order valence-corrected chi connectivity index (χ2v) is 12.5. The van der Waals surface area contributed by atoms with Crippen molar-refractivity contribution >= 4 is 29.4 Å². The van der Waals surface area contributed by atoms with Gasteiger partial charge in [0.2, 0.25) is 23.6 Å². The number of rotatable bonds is 10. The molecule has 41 heavy (non-hydrogen) atoms. The summed E-state index contributed by atoms with van der Waals surface area (Å²) in [4.78, 5) is 68.2. The van der Waals surface area contributed by atoms with Gasteiger partial charge in [-0.1, -0.05) is 63.9 Å². The van der Waals surface area contributed by atoms with Crippen LogP contribution in [0.4, 0.5) is 0 Å². The van der Waals surface area contributed by atoms with Crippen molar-refractivity contribution in [2.24, 2.45) is 5.41 Å². The van der Waals surface area contributed by atoms with Crippen LogP contribution in [-0.2, 0) is 30.4 Å². The maximum absolute atomic E-state index is 14.0. The second kappa shape index (κ2) is 13.6. The lowest BCUT2D eigenvalue weighted by Crippen LogP contribution is -2.65. The van der Waals surface area contributed by atoms with E-state index in [0.29, 0.717) is 38.6 Å². The molecule has 2 aliphatic rings. The van der Waals surface area contributed by atoms with Crippen molar-refractivity contribution in [1.29, 1.82) is 0 Å². The van der Waals surface area contributed by atoms with Crippen molar-refractivity contribution in [3.05, 3.63) is 35.9 Å². The van der Waals surface area contributed by atoms with Gasteiger partial charge in [-0.05, 0) is 50.5 Å².